The minimum absolute atomic E-state index is 0.135. The number of carbonyl (C=O) groups is 1. The van der Waals surface area contributed by atoms with Gasteiger partial charge in [0.1, 0.15) is 0 Å². The summed E-state index contributed by atoms with van der Waals surface area (Å²) in [5.74, 6) is -0.288. The van der Waals surface area contributed by atoms with Crippen LogP contribution in [0.1, 0.15) is 32.1 Å². The van der Waals surface area contributed by atoms with Crippen LogP contribution < -0.4 is 5.32 Å². The van der Waals surface area contributed by atoms with E-state index in [4.69, 9.17) is 5.11 Å². The van der Waals surface area contributed by atoms with E-state index in [1.165, 1.54) is 18.4 Å². The Bertz CT molecular complexity index is 291. The van der Waals surface area contributed by atoms with Gasteiger partial charge >= 0.3 is 6.18 Å². The van der Waals surface area contributed by atoms with Crippen LogP contribution in [0.2, 0.25) is 0 Å². The fourth-order valence-electron chi connectivity index (χ4n) is 2.23. The van der Waals surface area contributed by atoms with Gasteiger partial charge in [-0.2, -0.15) is 13.2 Å². The van der Waals surface area contributed by atoms with Gasteiger partial charge in [0.05, 0.1) is 6.54 Å². The van der Waals surface area contributed by atoms with Crippen molar-refractivity contribution in [3.63, 3.8) is 0 Å². The maximum atomic E-state index is 12.1. The van der Waals surface area contributed by atoms with Crippen molar-refractivity contribution < 1.29 is 23.1 Å². The van der Waals surface area contributed by atoms with E-state index < -0.39 is 18.8 Å². The third kappa shape index (κ3) is 6.24. The van der Waals surface area contributed by atoms with E-state index >= 15 is 0 Å². The lowest BCUT2D eigenvalue weighted by atomic mass is 9.95. The molecule has 1 unspecified atom stereocenters. The van der Waals surface area contributed by atoms with E-state index in [1.807, 2.05) is 0 Å². The number of likely N-dealkylation sites (N-methyl/N-ethyl adjacent to an activating group) is 1. The summed E-state index contributed by atoms with van der Waals surface area (Å²) in [6.07, 6.45) is -1.87. The van der Waals surface area contributed by atoms with E-state index in [0.717, 1.165) is 25.7 Å². The van der Waals surface area contributed by atoms with Crippen molar-refractivity contribution in [3.05, 3.63) is 0 Å². The van der Waals surface area contributed by atoms with Gasteiger partial charge in [0.2, 0.25) is 5.91 Å². The van der Waals surface area contributed by atoms with Crippen molar-refractivity contribution in [2.45, 2.75) is 50.4 Å². The lowest BCUT2D eigenvalue weighted by Gasteiger charge is -2.25. The van der Waals surface area contributed by atoms with Gasteiger partial charge in [-0.15, -0.1) is 0 Å². The number of aliphatic hydroxyl groups excluding tert-OH is 1. The zero-order chi connectivity index (χ0) is 14.5. The topological polar surface area (TPSA) is 52.6 Å². The molecule has 0 aromatic heterocycles. The molecule has 1 aliphatic rings. The summed E-state index contributed by atoms with van der Waals surface area (Å²) in [5.41, 5.74) is 0. The van der Waals surface area contributed by atoms with Crippen LogP contribution in [0.3, 0.4) is 0 Å². The van der Waals surface area contributed by atoms with Crippen LogP contribution in [0, 0.1) is 0 Å². The molecule has 1 amide bonds. The Labute approximate surface area is 111 Å². The quantitative estimate of drug-likeness (QED) is 0.799. The van der Waals surface area contributed by atoms with E-state index in [1.54, 1.807) is 0 Å². The molecule has 0 radical (unpaired) electrons. The van der Waals surface area contributed by atoms with Gasteiger partial charge in [-0.3, -0.25) is 9.69 Å². The second kappa shape index (κ2) is 7.09. The van der Waals surface area contributed by atoms with Crippen molar-refractivity contribution in [3.8, 4) is 0 Å². The minimum Gasteiger partial charge on any atom is -0.382 e. The average Bonchev–Trinajstić information content (AvgIpc) is 2.28. The number of halogens is 3. The molecule has 19 heavy (non-hydrogen) atoms. The number of hydrogen-bond acceptors (Lipinski definition) is 3. The first-order valence-electron chi connectivity index (χ1n) is 6.51. The number of nitrogens with zero attached hydrogens (tertiary/aromatic N) is 1. The van der Waals surface area contributed by atoms with Gasteiger partial charge in [0.25, 0.3) is 0 Å². The summed E-state index contributed by atoms with van der Waals surface area (Å²) in [7, 11) is 1.38. The highest BCUT2D eigenvalue weighted by Crippen LogP contribution is 2.20. The van der Waals surface area contributed by atoms with E-state index in [2.05, 4.69) is 5.32 Å². The molecular weight excluding hydrogens is 261 g/mol. The van der Waals surface area contributed by atoms with Gasteiger partial charge in [-0.05, 0) is 19.9 Å². The number of alkyl halides is 3. The van der Waals surface area contributed by atoms with Crippen LogP contribution in [-0.2, 0) is 4.79 Å². The lowest BCUT2D eigenvalue weighted by Crippen LogP contribution is -2.45. The maximum Gasteiger partial charge on any atom is 0.415 e. The lowest BCUT2D eigenvalue weighted by molar-refractivity contribution is -0.207. The molecule has 1 atom stereocenters. The molecule has 2 N–H and O–H groups in total. The summed E-state index contributed by atoms with van der Waals surface area (Å²) in [6.45, 7) is -0.731. The Balaban J connectivity index is 2.27. The van der Waals surface area contributed by atoms with Gasteiger partial charge < -0.3 is 10.4 Å². The molecule has 1 aliphatic carbocycles. The number of hydrogen-bond donors (Lipinski definition) is 2. The SMILES string of the molecule is CN(CC(=O)NC1CCCCC1)CC(O)C(F)(F)F. The van der Waals surface area contributed by atoms with Gasteiger partial charge in [0.15, 0.2) is 6.10 Å². The Morgan fingerprint density at radius 1 is 1.37 bits per heavy atom. The standard InChI is InChI=1S/C12H21F3N2O2/c1-17(7-10(18)12(13,14)15)8-11(19)16-9-5-3-2-4-6-9/h9-10,18H,2-8H2,1H3,(H,16,19). The maximum absolute atomic E-state index is 12.1. The second-order valence-electron chi connectivity index (χ2n) is 5.16. The third-order valence-corrected chi connectivity index (χ3v) is 3.25. The highest BCUT2D eigenvalue weighted by atomic mass is 19.4. The molecule has 1 rings (SSSR count). The van der Waals surface area contributed by atoms with Gasteiger partial charge in [-0.25, -0.2) is 0 Å². The van der Waals surface area contributed by atoms with Crippen LogP contribution in [0.25, 0.3) is 0 Å². The van der Waals surface area contributed by atoms with E-state index in [9.17, 15) is 18.0 Å². The van der Waals surface area contributed by atoms with Crippen LogP contribution in [0.5, 0.6) is 0 Å². The van der Waals surface area contributed by atoms with Crippen LogP contribution in [0.4, 0.5) is 13.2 Å². The van der Waals surface area contributed by atoms with Crippen molar-refractivity contribution in [2.75, 3.05) is 20.1 Å². The first kappa shape index (κ1) is 16.2. The van der Waals surface area contributed by atoms with Crippen LogP contribution >= 0.6 is 0 Å². The highest BCUT2D eigenvalue weighted by molar-refractivity contribution is 5.78. The van der Waals surface area contributed by atoms with E-state index in [0.29, 0.717) is 0 Å². The smallest absolute Gasteiger partial charge is 0.382 e. The summed E-state index contributed by atoms with van der Waals surface area (Å²) in [5, 5.41) is 11.7. The molecule has 0 aliphatic heterocycles. The van der Waals surface area contributed by atoms with Crippen molar-refractivity contribution in [2.24, 2.45) is 0 Å². The molecule has 0 saturated heterocycles. The molecule has 0 spiro atoms. The third-order valence-electron chi connectivity index (χ3n) is 3.25. The summed E-state index contributed by atoms with van der Waals surface area (Å²) >= 11 is 0. The number of amides is 1. The fraction of sp³-hybridized carbons (Fsp3) is 0.917. The number of rotatable bonds is 5. The first-order chi connectivity index (χ1) is 8.79. The Morgan fingerprint density at radius 3 is 2.47 bits per heavy atom. The molecular formula is C12H21F3N2O2. The first-order valence-corrected chi connectivity index (χ1v) is 6.51. The Morgan fingerprint density at radius 2 is 1.95 bits per heavy atom. The molecule has 1 saturated carbocycles. The van der Waals surface area contributed by atoms with Crippen molar-refractivity contribution in [1.29, 1.82) is 0 Å². The number of aliphatic hydroxyl groups is 1. The summed E-state index contributed by atoms with van der Waals surface area (Å²) in [6, 6.07) is 0.141. The normalized spacial score (nSPS) is 19.5. The molecule has 4 nitrogen and oxygen atoms in total. The number of carbonyl (C=O) groups excluding carboxylic acids is 1. The van der Waals surface area contributed by atoms with Crippen LogP contribution in [-0.4, -0.2) is 54.4 Å². The molecule has 0 aromatic rings. The fourth-order valence-corrected chi connectivity index (χ4v) is 2.23. The number of nitrogens with one attached hydrogen (secondary N) is 1. The molecule has 0 aromatic carbocycles. The molecule has 0 bridgehead atoms. The molecule has 1 fully saturated rings. The average molecular weight is 282 g/mol. The summed E-state index contributed by atoms with van der Waals surface area (Å²) in [4.78, 5) is 12.8. The predicted molar refractivity (Wildman–Crippen MR) is 64.6 cm³/mol. The van der Waals surface area contributed by atoms with Crippen LogP contribution in [0.15, 0.2) is 0 Å². The van der Waals surface area contributed by atoms with Crippen molar-refractivity contribution in [1.82, 2.24) is 10.2 Å². The molecule has 7 heteroatoms. The largest absolute Gasteiger partial charge is 0.415 e. The van der Waals surface area contributed by atoms with E-state index in [-0.39, 0.29) is 18.5 Å². The zero-order valence-electron chi connectivity index (χ0n) is 11.0. The second-order valence-corrected chi connectivity index (χ2v) is 5.16. The molecule has 0 heterocycles. The minimum atomic E-state index is -4.64. The Hall–Kier alpha value is -0.820. The van der Waals surface area contributed by atoms with Crippen molar-refractivity contribution >= 4 is 5.91 Å². The Kier molecular flexibility index (Phi) is 6.06. The van der Waals surface area contributed by atoms with Gasteiger partial charge in [0, 0.05) is 12.6 Å². The molecule has 112 valence electrons. The highest BCUT2D eigenvalue weighted by Gasteiger charge is 2.38. The monoisotopic (exact) mass is 282 g/mol. The predicted octanol–water partition coefficient (Wildman–Crippen LogP) is 1.29. The summed E-state index contributed by atoms with van der Waals surface area (Å²) < 4.78 is 36.4. The van der Waals surface area contributed by atoms with Gasteiger partial charge in [-0.1, -0.05) is 19.3 Å². The zero-order valence-corrected chi connectivity index (χ0v) is 11.0.